The third-order valence-corrected chi connectivity index (χ3v) is 2.91. The quantitative estimate of drug-likeness (QED) is 0.816. The van der Waals surface area contributed by atoms with Crippen molar-refractivity contribution in [2.45, 2.75) is 12.2 Å². The lowest BCUT2D eigenvalue weighted by Gasteiger charge is -2.22. The summed E-state index contributed by atoms with van der Waals surface area (Å²) >= 11 is 0. The molecule has 2 rings (SSSR count). The minimum Gasteiger partial charge on any atom is -0.451 e. The van der Waals surface area contributed by atoms with E-state index in [9.17, 15) is 9.90 Å². The van der Waals surface area contributed by atoms with Crippen LogP contribution in [0, 0.1) is 0 Å². The average molecular weight is 272 g/mol. The lowest BCUT2D eigenvalue weighted by molar-refractivity contribution is -0.0386. The highest BCUT2D eigenvalue weighted by Crippen LogP contribution is 2.22. The molecule has 0 unspecified atom stereocenters. The zero-order valence-electron chi connectivity index (χ0n) is 10.8. The predicted octanol–water partition coefficient (Wildman–Crippen LogP) is 1.94. The van der Waals surface area contributed by atoms with Gasteiger partial charge in [0.1, 0.15) is 6.10 Å². The number of carbonyl (C=O) groups excluding carboxylic acids is 1. The monoisotopic (exact) mass is 272 g/mol. The number of aliphatic hydroxyl groups excluding tert-OH is 2. The Kier molecular flexibility index (Phi) is 4.87. The van der Waals surface area contributed by atoms with Crippen molar-refractivity contribution in [3.63, 3.8) is 0 Å². The number of hydrogen-bond donors (Lipinski definition) is 2. The van der Waals surface area contributed by atoms with Gasteiger partial charge in [0.2, 0.25) is 0 Å². The molecular formula is C16H16O4. The number of aliphatic hydroxyl groups is 2. The van der Waals surface area contributed by atoms with Crippen LogP contribution in [0.15, 0.2) is 60.7 Å². The highest BCUT2D eigenvalue weighted by molar-refractivity contribution is 5.89. The summed E-state index contributed by atoms with van der Waals surface area (Å²) in [6.45, 7) is -0.484. The van der Waals surface area contributed by atoms with E-state index in [1.807, 2.05) is 6.07 Å². The van der Waals surface area contributed by atoms with Crippen LogP contribution in [0.25, 0.3) is 0 Å². The smallest absolute Gasteiger partial charge is 0.338 e. The summed E-state index contributed by atoms with van der Waals surface area (Å²) in [6, 6.07) is 17.4. The van der Waals surface area contributed by atoms with E-state index in [1.54, 1.807) is 54.6 Å². The van der Waals surface area contributed by atoms with Crippen LogP contribution in [0.1, 0.15) is 22.0 Å². The second kappa shape index (κ2) is 6.84. The number of carbonyl (C=O) groups is 1. The highest BCUT2D eigenvalue weighted by atomic mass is 16.6. The van der Waals surface area contributed by atoms with Crippen LogP contribution in [-0.4, -0.2) is 28.9 Å². The largest absolute Gasteiger partial charge is 0.451 e. The van der Waals surface area contributed by atoms with Crippen LogP contribution >= 0.6 is 0 Å². The molecule has 2 aromatic rings. The van der Waals surface area contributed by atoms with Crippen LogP contribution in [0.4, 0.5) is 0 Å². The molecule has 0 saturated heterocycles. The van der Waals surface area contributed by atoms with Gasteiger partial charge in [0.05, 0.1) is 12.2 Å². The highest BCUT2D eigenvalue weighted by Gasteiger charge is 2.25. The number of hydrogen-bond acceptors (Lipinski definition) is 4. The van der Waals surface area contributed by atoms with E-state index in [1.165, 1.54) is 0 Å². The summed E-state index contributed by atoms with van der Waals surface area (Å²) in [5, 5.41) is 18.9. The van der Waals surface area contributed by atoms with Crippen molar-refractivity contribution in [2.75, 3.05) is 6.61 Å². The van der Waals surface area contributed by atoms with Gasteiger partial charge in [-0.1, -0.05) is 48.5 Å². The van der Waals surface area contributed by atoms with Crippen LogP contribution in [0.2, 0.25) is 0 Å². The average Bonchev–Trinajstić information content (AvgIpc) is 2.53. The predicted molar refractivity (Wildman–Crippen MR) is 74.1 cm³/mol. The van der Waals surface area contributed by atoms with Gasteiger partial charge in [-0.25, -0.2) is 4.79 Å². The normalized spacial score (nSPS) is 13.5. The van der Waals surface area contributed by atoms with Crippen LogP contribution in [0.5, 0.6) is 0 Å². The van der Waals surface area contributed by atoms with Gasteiger partial charge in [0.15, 0.2) is 6.10 Å². The Morgan fingerprint density at radius 1 is 1.00 bits per heavy atom. The van der Waals surface area contributed by atoms with Gasteiger partial charge in [-0.2, -0.15) is 0 Å². The first-order valence-electron chi connectivity index (χ1n) is 6.32. The third kappa shape index (κ3) is 3.44. The summed E-state index contributed by atoms with van der Waals surface area (Å²) in [7, 11) is 0. The summed E-state index contributed by atoms with van der Waals surface area (Å²) in [5.41, 5.74) is 1.04. The number of ether oxygens (including phenoxy) is 1. The van der Waals surface area contributed by atoms with Gasteiger partial charge < -0.3 is 14.9 Å². The number of benzene rings is 2. The van der Waals surface area contributed by atoms with Crippen molar-refractivity contribution in [1.82, 2.24) is 0 Å². The van der Waals surface area contributed by atoms with Gasteiger partial charge in [-0.15, -0.1) is 0 Å². The molecule has 0 fully saturated rings. The zero-order valence-corrected chi connectivity index (χ0v) is 10.8. The van der Waals surface area contributed by atoms with Gasteiger partial charge in [-0.05, 0) is 17.7 Å². The second-order valence-corrected chi connectivity index (χ2v) is 4.35. The van der Waals surface area contributed by atoms with E-state index in [4.69, 9.17) is 9.84 Å². The first-order chi connectivity index (χ1) is 9.72. The van der Waals surface area contributed by atoms with E-state index in [-0.39, 0.29) is 0 Å². The Labute approximate surface area is 117 Å². The molecular weight excluding hydrogens is 256 g/mol. The molecule has 4 heteroatoms. The Balaban J connectivity index is 2.19. The van der Waals surface area contributed by atoms with Crippen molar-refractivity contribution >= 4 is 5.97 Å². The lowest BCUT2D eigenvalue weighted by Crippen LogP contribution is -2.27. The topological polar surface area (TPSA) is 66.8 Å². The zero-order chi connectivity index (χ0) is 14.4. The Bertz CT molecular complexity index is 539. The van der Waals surface area contributed by atoms with Gasteiger partial charge >= 0.3 is 5.97 Å². The van der Waals surface area contributed by atoms with E-state index >= 15 is 0 Å². The summed E-state index contributed by atoms with van der Waals surface area (Å²) in [6.07, 6.45) is -2.06. The summed E-state index contributed by atoms with van der Waals surface area (Å²) in [4.78, 5) is 12.0. The fraction of sp³-hybridized carbons (Fsp3) is 0.188. The molecule has 0 spiro atoms. The maximum absolute atomic E-state index is 12.0. The minimum atomic E-state index is -1.16. The summed E-state index contributed by atoms with van der Waals surface area (Å²) in [5.74, 6) is -0.535. The maximum Gasteiger partial charge on any atom is 0.338 e. The fourth-order valence-electron chi connectivity index (χ4n) is 1.86. The second-order valence-electron chi connectivity index (χ2n) is 4.35. The number of esters is 1. The van der Waals surface area contributed by atoms with Gasteiger partial charge in [-0.3, -0.25) is 0 Å². The van der Waals surface area contributed by atoms with Crippen molar-refractivity contribution in [2.24, 2.45) is 0 Å². The van der Waals surface area contributed by atoms with Crippen molar-refractivity contribution in [3.05, 3.63) is 71.8 Å². The lowest BCUT2D eigenvalue weighted by atomic mass is 10.0. The molecule has 0 amide bonds. The molecule has 104 valence electrons. The van der Waals surface area contributed by atoms with Crippen LogP contribution in [0.3, 0.4) is 0 Å². The molecule has 2 atom stereocenters. The summed E-state index contributed by atoms with van der Waals surface area (Å²) < 4.78 is 5.33. The molecule has 0 aliphatic carbocycles. The molecule has 0 aromatic heterocycles. The molecule has 0 saturated carbocycles. The molecule has 0 aliphatic heterocycles. The molecule has 20 heavy (non-hydrogen) atoms. The first-order valence-corrected chi connectivity index (χ1v) is 6.32. The molecule has 2 N–H and O–H groups in total. The van der Waals surface area contributed by atoms with Gasteiger partial charge in [0, 0.05) is 0 Å². The van der Waals surface area contributed by atoms with Crippen molar-refractivity contribution in [3.8, 4) is 0 Å². The van der Waals surface area contributed by atoms with E-state index in [0.717, 1.165) is 0 Å². The Morgan fingerprint density at radius 2 is 1.55 bits per heavy atom. The van der Waals surface area contributed by atoms with Crippen molar-refractivity contribution < 1.29 is 19.7 Å². The molecule has 0 heterocycles. The van der Waals surface area contributed by atoms with Crippen LogP contribution < -0.4 is 0 Å². The standard InChI is InChI=1S/C16H16O4/c17-11-14(18)15(12-7-3-1-4-8-12)20-16(19)13-9-5-2-6-10-13/h1-10,14-15,17-18H,11H2/t14-,15+/m1/s1. The molecule has 0 aliphatic rings. The third-order valence-electron chi connectivity index (χ3n) is 2.91. The van der Waals surface area contributed by atoms with Gasteiger partial charge in [0.25, 0.3) is 0 Å². The van der Waals surface area contributed by atoms with E-state index < -0.39 is 24.8 Å². The molecule has 2 aromatic carbocycles. The van der Waals surface area contributed by atoms with E-state index in [2.05, 4.69) is 0 Å². The fourth-order valence-corrected chi connectivity index (χ4v) is 1.86. The molecule has 0 bridgehead atoms. The van der Waals surface area contributed by atoms with E-state index in [0.29, 0.717) is 11.1 Å². The molecule has 4 nitrogen and oxygen atoms in total. The molecule has 0 radical (unpaired) electrons. The maximum atomic E-state index is 12.0. The van der Waals surface area contributed by atoms with Crippen molar-refractivity contribution in [1.29, 1.82) is 0 Å². The SMILES string of the molecule is O=C(O[C@@H](c1ccccc1)[C@H](O)CO)c1ccccc1. The first kappa shape index (κ1) is 14.2. The Morgan fingerprint density at radius 3 is 2.10 bits per heavy atom. The van der Waals surface area contributed by atoms with Crippen LogP contribution in [-0.2, 0) is 4.74 Å². The minimum absolute atomic E-state index is 0.401. The number of rotatable bonds is 5. The Hall–Kier alpha value is -2.17.